The second kappa shape index (κ2) is 10.2. The van der Waals surface area contributed by atoms with E-state index in [9.17, 15) is 9.59 Å². The molecule has 5 nitrogen and oxygen atoms in total. The highest BCUT2D eigenvalue weighted by Gasteiger charge is 2.29. The lowest BCUT2D eigenvalue weighted by molar-refractivity contribution is -0.156. The zero-order valence-electron chi connectivity index (χ0n) is 14.9. The van der Waals surface area contributed by atoms with Crippen molar-refractivity contribution < 1.29 is 23.8 Å². The molecule has 23 heavy (non-hydrogen) atoms. The van der Waals surface area contributed by atoms with Gasteiger partial charge in [-0.3, -0.25) is 0 Å². The summed E-state index contributed by atoms with van der Waals surface area (Å²) in [7, 11) is 0. The van der Waals surface area contributed by atoms with Crippen LogP contribution in [0.25, 0.3) is 0 Å². The van der Waals surface area contributed by atoms with Crippen LogP contribution in [0.1, 0.15) is 53.4 Å². The maximum atomic E-state index is 11.4. The van der Waals surface area contributed by atoms with Crippen molar-refractivity contribution in [2.75, 3.05) is 13.2 Å². The Labute approximate surface area is 139 Å². The van der Waals surface area contributed by atoms with Gasteiger partial charge in [-0.15, -0.1) is 0 Å². The Hall–Kier alpha value is -1.62. The van der Waals surface area contributed by atoms with E-state index in [0.29, 0.717) is 25.9 Å². The van der Waals surface area contributed by atoms with Gasteiger partial charge in [0.2, 0.25) is 0 Å². The summed E-state index contributed by atoms with van der Waals surface area (Å²) in [6.07, 6.45) is 4.97. The molecule has 0 aromatic rings. The van der Waals surface area contributed by atoms with E-state index >= 15 is 0 Å². The van der Waals surface area contributed by atoms with Gasteiger partial charge < -0.3 is 14.2 Å². The Bertz CT molecular complexity index is 418. The molecule has 2 atom stereocenters. The van der Waals surface area contributed by atoms with Gasteiger partial charge in [0.15, 0.2) is 0 Å². The number of hydrogen-bond acceptors (Lipinski definition) is 5. The van der Waals surface area contributed by atoms with E-state index in [1.54, 1.807) is 0 Å². The van der Waals surface area contributed by atoms with Gasteiger partial charge in [-0.2, -0.15) is 0 Å². The van der Waals surface area contributed by atoms with Crippen LogP contribution in [0.5, 0.6) is 0 Å². The summed E-state index contributed by atoms with van der Waals surface area (Å²) in [6.45, 7) is 15.4. The third-order valence-electron chi connectivity index (χ3n) is 4.13. The molecule has 0 fully saturated rings. The molecule has 0 amide bonds. The van der Waals surface area contributed by atoms with Gasteiger partial charge in [0.05, 0.1) is 18.8 Å². The molecular formula is C18H30O5. The molecule has 0 heterocycles. The number of hydrogen-bond donors (Lipinski definition) is 0. The van der Waals surface area contributed by atoms with E-state index in [1.165, 1.54) is 6.08 Å². The molecule has 0 aliphatic rings. The van der Waals surface area contributed by atoms with Crippen molar-refractivity contribution in [2.45, 2.75) is 64.6 Å². The third-order valence-corrected chi connectivity index (χ3v) is 4.13. The van der Waals surface area contributed by atoms with Gasteiger partial charge in [0.25, 0.3) is 0 Å². The van der Waals surface area contributed by atoms with Crippen molar-refractivity contribution in [3.63, 3.8) is 0 Å². The first-order chi connectivity index (χ1) is 10.7. The Kier molecular flexibility index (Phi) is 9.49. The van der Waals surface area contributed by atoms with Gasteiger partial charge in [-0.25, -0.2) is 9.59 Å². The fourth-order valence-corrected chi connectivity index (χ4v) is 1.88. The van der Waals surface area contributed by atoms with Crippen molar-refractivity contribution in [1.29, 1.82) is 0 Å². The van der Waals surface area contributed by atoms with Crippen molar-refractivity contribution in [3.8, 4) is 0 Å². The van der Waals surface area contributed by atoms with Gasteiger partial charge in [0, 0.05) is 25.0 Å². The van der Waals surface area contributed by atoms with Gasteiger partial charge in [-0.1, -0.05) is 27.0 Å². The minimum atomic E-state index is -0.574. The average molecular weight is 326 g/mol. The van der Waals surface area contributed by atoms with Crippen molar-refractivity contribution in [2.24, 2.45) is 0 Å². The molecule has 0 rings (SSSR count). The van der Waals surface area contributed by atoms with Crippen LogP contribution in [0.15, 0.2) is 25.3 Å². The predicted molar refractivity (Wildman–Crippen MR) is 90.0 cm³/mol. The lowest BCUT2D eigenvalue weighted by Crippen LogP contribution is -2.35. The van der Waals surface area contributed by atoms with E-state index < -0.39 is 23.1 Å². The maximum absolute atomic E-state index is 11.4. The smallest absolute Gasteiger partial charge is 0.330 e. The zero-order chi connectivity index (χ0) is 17.9. The van der Waals surface area contributed by atoms with Crippen LogP contribution in [0.4, 0.5) is 0 Å². The molecular weight excluding hydrogens is 296 g/mol. The summed E-state index contributed by atoms with van der Waals surface area (Å²) in [6, 6.07) is 0. The maximum Gasteiger partial charge on any atom is 0.330 e. The second-order valence-electron chi connectivity index (χ2n) is 5.95. The zero-order valence-corrected chi connectivity index (χ0v) is 14.9. The van der Waals surface area contributed by atoms with E-state index in [4.69, 9.17) is 14.2 Å². The number of carbonyl (C=O) groups is 2. The highest BCUT2D eigenvalue weighted by Crippen LogP contribution is 2.25. The van der Waals surface area contributed by atoms with Crippen LogP contribution in [0, 0.1) is 0 Å². The molecule has 0 spiro atoms. The number of rotatable bonds is 12. The van der Waals surface area contributed by atoms with Crippen molar-refractivity contribution >= 4 is 11.9 Å². The summed E-state index contributed by atoms with van der Waals surface area (Å²) >= 11 is 0. The van der Waals surface area contributed by atoms with Gasteiger partial charge in [-0.05, 0) is 26.7 Å². The molecule has 0 bridgehead atoms. The third kappa shape index (κ3) is 8.55. The quantitative estimate of drug-likeness (QED) is 0.405. The second-order valence-corrected chi connectivity index (χ2v) is 5.95. The van der Waals surface area contributed by atoms with Crippen LogP contribution in [0.3, 0.4) is 0 Å². The lowest BCUT2D eigenvalue weighted by atomic mass is 9.97. The van der Waals surface area contributed by atoms with Crippen LogP contribution in [0.2, 0.25) is 0 Å². The first kappa shape index (κ1) is 21.4. The van der Waals surface area contributed by atoms with E-state index in [-0.39, 0.29) is 6.61 Å². The molecule has 0 aliphatic carbocycles. The molecule has 0 saturated heterocycles. The summed E-state index contributed by atoms with van der Waals surface area (Å²) in [4.78, 5) is 22.5. The fourth-order valence-electron chi connectivity index (χ4n) is 1.88. The predicted octanol–water partition coefficient (Wildman–Crippen LogP) is 3.58. The minimum absolute atomic E-state index is 0.283. The van der Waals surface area contributed by atoms with Crippen molar-refractivity contribution in [3.05, 3.63) is 25.3 Å². The average Bonchev–Trinajstić information content (AvgIpc) is 2.54. The molecule has 0 saturated carbocycles. The largest absolute Gasteiger partial charge is 0.462 e. The number of carbonyl (C=O) groups excluding carboxylic acids is 2. The SMILES string of the molecule is C=CC(=O)OCCC(C)(CC)OCCC(C)(CC)OC(=O)C=C. The molecule has 0 aliphatic heterocycles. The number of ether oxygens (including phenoxy) is 3. The molecule has 132 valence electrons. The summed E-state index contributed by atoms with van der Waals surface area (Å²) in [5.74, 6) is -0.859. The van der Waals surface area contributed by atoms with Crippen LogP contribution in [-0.4, -0.2) is 36.4 Å². The summed E-state index contributed by atoms with van der Waals surface area (Å²) in [5, 5.41) is 0. The minimum Gasteiger partial charge on any atom is -0.462 e. The normalized spacial score (nSPS) is 15.8. The monoisotopic (exact) mass is 326 g/mol. The summed E-state index contributed by atoms with van der Waals surface area (Å²) in [5.41, 5.74) is -0.965. The standard InChI is InChI=1S/C18H30O5/c1-7-15(19)21-13-11-17(5,9-3)22-14-12-18(6,10-4)23-16(20)8-2/h7-8H,1-2,9-14H2,3-6H3. The molecule has 5 heteroatoms. The summed E-state index contributed by atoms with van der Waals surface area (Å²) < 4.78 is 16.4. The molecule has 0 N–H and O–H groups in total. The van der Waals surface area contributed by atoms with Crippen LogP contribution in [-0.2, 0) is 23.8 Å². The highest BCUT2D eigenvalue weighted by molar-refractivity contribution is 5.81. The lowest BCUT2D eigenvalue weighted by Gasteiger charge is -2.32. The molecule has 0 aromatic heterocycles. The Morgan fingerprint density at radius 2 is 1.43 bits per heavy atom. The van der Waals surface area contributed by atoms with Crippen LogP contribution >= 0.6 is 0 Å². The van der Waals surface area contributed by atoms with E-state index in [0.717, 1.165) is 12.5 Å². The Balaban J connectivity index is 4.41. The molecule has 0 aromatic carbocycles. The first-order valence-electron chi connectivity index (χ1n) is 8.02. The Morgan fingerprint density at radius 1 is 0.913 bits per heavy atom. The topological polar surface area (TPSA) is 61.8 Å². The van der Waals surface area contributed by atoms with Gasteiger partial charge in [0.1, 0.15) is 5.60 Å². The van der Waals surface area contributed by atoms with E-state index in [2.05, 4.69) is 13.2 Å². The molecule has 0 radical (unpaired) electrons. The first-order valence-corrected chi connectivity index (χ1v) is 8.02. The Morgan fingerprint density at radius 3 is 1.91 bits per heavy atom. The number of esters is 2. The van der Waals surface area contributed by atoms with Crippen molar-refractivity contribution in [1.82, 2.24) is 0 Å². The highest BCUT2D eigenvalue weighted by atomic mass is 16.6. The van der Waals surface area contributed by atoms with E-state index in [1.807, 2.05) is 27.7 Å². The van der Waals surface area contributed by atoms with Crippen LogP contribution < -0.4 is 0 Å². The molecule has 2 unspecified atom stereocenters. The fraction of sp³-hybridized carbons (Fsp3) is 0.667. The van der Waals surface area contributed by atoms with Gasteiger partial charge >= 0.3 is 11.9 Å².